The first-order chi connectivity index (χ1) is 13.1. The quantitative estimate of drug-likeness (QED) is 0.421. The van der Waals surface area contributed by atoms with Gasteiger partial charge in [0.1, 0.15) is 17.3 Å². The number of hydrogen-bond donors (Lipinski definition) is 1. The molecule has 0 saturated carbocycles. The molecule has 0 aliphatic carbocycles. The molecule has 0 spiro atoms. The van der Waals surface area contributed by atoms with Crippen LogP contribution in [0, 0.1) is 4.77 Å². The van der Waals surface area contributed by atoms with E-state index in [0.29, 0.717) is 46.2 Å². The van der Waals surface area contributed by atoms with Crippen molar-refractivity contribution < 1.29 is 17.9 Å². The summed E-state index contributed by atoms with van der Waals surface area (Å²) in [6, 6.07) is 10.7. The summed E-state index contributed by atoms with van der Waals surface area (Å²) in [5.41, 5.74) is 0.734. The number of alkyl halides is 2. The van der Waals surface area contributed by atoms with Gasteiger partial charge in [0.15, 0.2) is 5.82 Å². The van der Waals surface area contributed by atoms with Gasteiger partial charge in [0.05, 0.1) is 24.1 Å². The minimum absolute atomic E-state index is 0.0869. The number of thioether (sulfide) groups is 1. The van der Waals surface area contributed by atoms with Crippen molar-refractivity contribution in [2.45, 2.75) is 18.4 Å². The molecule has 0 aliphatic rings. The van der Waals surface area contributed by atoms with Gasteiger partial charge in [-0.05, 0) is 43.4 Å². The number of nitrogens with one attached hydrogen (secondary N) is 1. The second-order valence-electron chi connectivity index (χ2n) is 5.21. The van der Waals surface area contributed by atoms with E-state index in [1.165, 1.54) is 10.9 Å². The predicted molar refractivity (Wildman–Crippen MR) is 103 cm³/mol. The lowest BCUT2D eigenvalue weighted by Gasteiger charge is -2.08. The Morgan fingerprint density at radius 1 is 1.37 bits per heavy atom. The molecule has 0 aliphatic heterocycles. The molecule has 142 valence electrons. The van der Waals surface area contributed by atoms with Gasteiger partial charge in [-0.3, -0.25) is 0 Å². The van der Waals surface area contributed by atoms with E-state index < -0.39 is 5.76 Å². The average molecular weight is 410 g/mol. The number of H-pyrrole nitrogens is 1. The SMILES string of the molecule is CCOc1ccccc1-c1n[nH]c(=S)n1/N=C\c1ccc(CSC(F)F)o1. The van der Waals surface area contributed by atoms with Crippen LogP contribution in [0.2, 0.25) is 0 Å². The Labute approximate surface area is 163 Å². The lowest BCUT2D eigenvalue weighted by molar-refractivity contribution is 0.251. The maximum atomic E-state index is 12.3. The van der Waals surface area contributed by atoms with E-state index in [-0.39, 0.29) is 5.75 Å². The zero-order valence-corrected chi connectivity index (χ0v) is 15.9. The van der Waals surface area contributed by atoms with Crippen LogP contribution in [0.1, 0.15) is 18.4 Å². The summed E-state index contributed by atoms with van der Waals surface area (Å²) in [7, 11) is 0. The minimum atomic E-state index is -2.44. The minimum Gasteiger partial charge on any atom is -0.493 e. The maximum absolute atomic E-state index is 12.3. The molecule has 0 radical (unpaired) electrons. The lowest BCUT2D eigenvalue weighted by Crippen LogP contribution is -1.98. The zero-order valence-electron chi connectivity index (χ0n) is 14.3. The standard InChI is InChI=1S/C17H16F2N4O2S2/c1-2-24-14-6-4-3-5-13(14)15-21-22-17(26)23(15)20-9-11-7-8-12(25-11)10-27-16(18)19/h3-9,16H,2,10H2,1H3,(H,22,26)/b20-9-. The van der Waals surface area contributed by atoms with Crippen molar-refractivity contribution in [3.8, 4) is 17.1 Å². The molecule has 2 aromatic heterocycles. The number of furan rings is 1. The van der Waals surface area contributed by atoms with E-state index in [0.717, 1.165) is 5.56 Å². The fraction of sp³-hybridized carbons (Fsp3) is 0.235. The molecule has 3 aromatic rings. The number of nitrogens with zero attached hydrogens (tertiary/aromatic N) is 3. The van der Waals surface area contributed by atoms with Crippen molar-refractivity contribution in [2.75, 3.05) is 6.61 Å². The van der Waals surface area contributed by atoms with Gasteiger partial charge in [0.2, 0.25) is 4.77 Å². The summed E-state index contributed by atoms with van der Waals surface area (Å²) in [5.74, 6) is -0.338. The van der Waals surface area contributed by atoms with Gasteiger partial charge in [-0.2, -0.15) is 23.7 Å². The Bertz CT molecular complexity index is 981. The van der Waals surface area contributed by atoms with E-state index in [9.17, 15) is 8.78 Å². The Morgan fingerprint density at radius 3 is 2.96 bits per heavy atom. The molecular formula is C17H16F2N4O2S2. The molecule has 0 fully saturated rings. The first-order valence-corrected chi connectivity index (χ1v) is 9.46. The van der Waals surface area contributed by atoms with Gasteiger partial charge >= 0.3 is 0 Å². The van der Waals surface area contributed by atoms with Crippen molar-refractivity contribution in [1.29, 1.82) is 0 Å². The Kier molecular flexibility index (Phi) is 6.40. The second kappa shape index (κ2) is 8.96. The number of halogens is 2. The van der Waals surface area contributed by atoms with Crippen LogP contribution >= 0.6 is 24.0 Å². The van der Waals surface area contributed by atoms with E-state index in [4.69, 9.17) is 21.4 Å². The van der Waals surface area contributed by atoms with Crippen LogP contribution in [0.4, 0.5) is 8.78 Å². The van der Waals surface area contributed by atoms with Crippen LogP contribution in [-0.2, 0) is 5.75 Å². The summed E-state index contributed by atoms with van der Waals surface area (Å²) in [6.07, 6.45) is 1.45. The number of rotatable bonds is 8. The van der Waals surface area contributed by atoms with Crippen LogP contribution in [0.25, 0.3) is 11.4 Å². The summed E-state index contributed by atoms with van der Waals surface area (Å²) < 4.78 is 37.4. The van der Waals surface area contributed by atoms with Crippen LogP contribution in [-0.4, -0.2) is 33.5 Å². The molecule has 0 atom stereocenters. The van der Waals surface area contributed by atoms with Crippen molar-refractivity contribution >= 4 is 30.2 Å². The van der Waals surface area contributed by atoms with Crippen molar-refractivity contribution in [3.05, 3.63) is 52.7 Å². The van der Waals surface area contributed by atoms with Crippen LogP contribution < -0.4 is 4.74 Å². The fourth-order valence-electron chi connectivity index (χ4n) is 2.31. The predicted octanol–water partition coefficient (Wildman–Crippen LogP) is 4.94. The van der Waals surface area contributed by atoms with Gasteiger partial charge in [-0.15, -0.1) is 0 Å². The maximum Gasteiger partial charge on any atom is 0.284 e. The Balaban J connectivity index is 1.86. The largest absolute Gasteiger partial charge is 0.493 e. The smallest absolute Gasteiger partial charge is 0.284 e. The zero-order chi connectivity index (χ0) is 19.2. The lowest BCUT2D eigenvalue weighted by atomic mass is 10.2. The number of para-hydroxylation sites is 1. The first kappa shape index (κ1) is 19.3. The normalized spacial score (nSPS) is 11.6. The third-order valence-electron chi connectivity index (χ3n) is 3.41. The topological polar surface area (TPSA) is 68.3 Å². The Morgan fingerprint density at radius 2 is 2.19 bits per heavy atom. The molecular weight excluding hydrogens is 394 g/mol. The highest BCUT2D eigenvalue weighted by molar-refractivity contribution is 7.98. The fourth-order valence-corrected chi connectivity index (χ4v) is 2.93. The third kappa shape index (κ3) is 4.83. The summed E-state index contributed by atoms with van der Waals surface area (Å²) in [6.45, 7) is 2.41. The summed E-state index contributed by atoms with van der Waals surface area (Å²) in [5, 5.41) is 11.3. The number of hydrogen-bond acceptors (Lipinski definition) is 6. The van der Waals surface area contributed by atoms with E-state index in [1.807, 2.05) is 31.2 Å². The molecule has 0 unspecified atom stereocenters. The van der Waals surface area contributed by atoms with Gasteiger partial charge < -0.3 is 9.15 Å². The van der Waals surface area contributed by atoms with E-state index >= 15 is 0 Å². The van der Waals surface area contributed by atoms with Crippen molar-refractivity contribution in [2.24, 2.45) is 5.10 Å². The molecule has 1 N–H and O–H groups in total. The molecule has 0 saturated heterocycles. The molecule has 27 heavy (non-hydrogen) atoms. The third-order valence-corrected chi connectivity index (χ3v) is 4.38. The molecule has 2 heterocycles. The highest BCUT2D eigenvalue weighted by Crippen LogP contribution is 2.28. The van der Waals surface area contributed by atoms with Crippen LogP contribution in [0.3, 0.4) is 0 Å². The van der Waals surface area contributed by atoms with Crippen molar-refractivity contribution in [1.82, 2.24) is 14.9 Å². The van der Waals surface area contributed by atoms with Crippen LogP contribution in [0.15, 0.2) is 45.9 Å². The molecule has 6 nitrogen and oxygen atoms in total. The summed E-state index contributed by atoms with van der Waals surface area (Å²) >= 11 is 5.74. The monoisotopic (exact) mass is 410 g/mol. The van der Waals surface area contributed by atoms with Crippen LogP contribution in [0.5, 0.6) is 5.75 Å². The number of aromatic nitrogens is 3. The highest BCUT2D eigenvalue weighted by Gasteiger charge is 2.13. The molecule has 0 bridgehead atoms. The Hall–Kier alpha value is -2.46. The first-order valence-electron chi connectivity index (χ1n) is 8.01. The summed E-state index contributed by atoms with van der Waals surface area (Å²) in [4.78, 5) is 0. The molecule has 3 rings (SSSR count). The number of aromatic amines is 1. The average Bonchev–Trinajstić information content (AvgIpc) is 3.25. The molecule has 0 amide bonds. The highest BCUT2D eigenvalue weighted by atomic mass is 32.2. The van der Waals surface area contributed by atoms with Gasteiger partial charge in [-0.1, -0.05) is 23.9 Å². The second-order valence-corrected chi connectivity index (χ2v) is 6.58. The van der Waals surface area contributed by atoms with E-state index in [2.05, 4.69) is 15.3 Å². The van der Waals surface area contributed by atoms with Gasteiger partial charge in [-0.25, -0.2) is 5.10 Å². The number of benzene rings is 1. The molecule has 1 aromatic carbocycles. The molecule has 10 heteroatoms. The van der Waals surface area contributed by atoms with Crippen molar-refractivity contribution in [3.63, 3.8) is 0 Å². The van der Waals surface area contributed by atoms with Gasteiger partial charge in [0.25, 0.3) is 5.76 Å². The van der Waals surface area contributed by atoms with Gasteiger partial charge in [0, 0.05) is 0 Å². The number of ether oxygens (including phenoxy) is 1. The van der Waals surface area contributed by atoms with E-state index in [1.54, 1.807) is 12.1 Å².